The molecule has 4 nitrogen and oxygen atoms in total. The molecule has 1 aromatic rings. The van der Waals surface area contributed by atoms with Crippen LogP contribution in [0.25, 0.3) is 0 Å². The number of nitrogens with one attached hydrogen (secondary N) is 2. The molecule has 0 unspecified atom stereocenters. The Bertz CT molecular complexity index is 363. The lowest BCUT2D eigenvalue weighted by Crippen LogP contribution is -2.30. The number of hydrogen-bond donors (Lipinski definition) is 2. The molecular formula is C11H18ClN3OS. The number of aryl methyl sites for hydroxylation is 1. The van der Waals surface area contributed by atoms with Crippen molar-refractivity contribution < 1.29 is 4.79 Å². The average Bonchev–Trinajstić information content (AvgIpc) is 2.65. The molecule has 1 saturated heterocycles. The molecule has 96 valence electrons. The van der Waals surface area contributed by atoms with Crippen molar-refractivity contribution in [3.63, 3.8) is 0 Å². The van der Waals surface area contributed by atoms with Crippen LogP contribution in [-0.4, -0.2) is 24.0 Å². The highest BCUT2D eigenvalue weighted by atomic mass is 35.5. The molecule has 0 aliphatic carbocycles. The first kappa shape index (κ1) is 14.4. The lowest BCUT2D eigenvalue weighted by molar-refractivity contribution is -0.117. The van der Waals surface area contributed by atoms with Gasteiger partial charge in [0, 0.05) is 11.8 Å². The predicted octanol–water partition coefficient (Wildman–Crippen LogP) is 2.20. The van der Waals surface area contributed by atoms with Gasteiger partial charge in [-0.2, -0.15) is 0 Å². The first-order chi connectivity index (χ1) is 7.74. The number of carbonyl (C=O) groups is 1. The molecule has 0 aromatic carbocycles. The highest BCUT2D eigenvalue weighted by Crippen LogP contribution is 2.19. The number of aromatic nitrogens is 1. The highest BCUT2D eigenvalue weighted by molar-refractivity contribution is 7.13. The van der Waals surface area contributed by atoms with Crippen LogP contribution >= 0.6 is 23.7 Å². The molecule has 0 bridgehead atoms. The van der Waals surface area contributed by atoms with Crippen LogP contribution in [0.4, 0.5) is 5.13 Å². The van der Waals surface area contributed by atoms with E-state index in [1.54, 1.807) is 0 Å². The Kier molecular flexibility index (Phi) is 5.88. The van der Waals surface area contributed by atoms with Crippen LogP contribution in [0.3, 0.4) is 0 Å². The summed E-state index contributed by atoms with van der Waals surface area (Å²) in [7, 11) is 0. The van der Waals surface area contributed by atoms with Gasteiger partial charge in [0.2, 0.25) is 5.91 Å². The van der Waals surface area contributed by atoms with Gasteiger partial charge in [0.05, 0.1) is 5.69 Å². The zero-order valence-electron chi connectivity index (χ0n) is 9.86. The van der Waals surface area contributed by atoms with E-state index in [1.807, 2.05) is 12.3 Å². The van der Waals surface area contributed by atoms with Crippen LogP contribution in [0.2, 0.25) is 0 Å². The number of piperidine rings is 1. The molecule has 2 rings (SSSR count). The smallest absolute Gasteiger partial charge is 0.226 e. The summed E-state index contributed by atoms with van der Waals surface area (Å²) in [4.78, 5) is 15.9. The van der Waals surface area contributed by atoms with E-state index in [1.165, 1.54) is 11.3 Å². The molecule has 1 aliphatic rings. The molecule has 1 fully saturated rings. The molecule has 2 N–H and O–H groups in total. The van der Waals surface area contributed by atoms with E-state index in [0.29, 0.717) is 12.3 Å². The minimum absolute atomic E-state index is 0. The molecule has 17 heavy (non-hydrogen) atoms. The molecule has 0 saturated carbocycles. The zero-order chi connectivity index (χ0) is 11.4. The van der Waals surface area contributed by atoms with Gasteiger partial charge in [-0.25, -0.2) is 4.98 Å². The van der Waals surface area contributed by atoms with Crippen LogP contribution in [0.15, 0.2) is 5.38 Å². The Morgan fingerprint density at radius 2 is 2.29 bits per heavy atom. The summed E-state index contributed by atoms with van der Waals surface area (Å²) in [5.74, 6) is 0.628. The fourth-order valence-corrected chi connectivity index (χ4v) is 2.63. The van der Waals surface area contributed by atoms with Gasteiger partial charge in [-0.15, -0.1) is 23.7 Å². The summed E-state index contributed by atoms with van der Waals surface area (Å²) >= 11 is 1.48. The van der Waals surface area contributed by atoms with Crippen molar-refractivity contribution >= 4 is 34.8 Å². The van der Waals surface area contributed by atoms with Gasteiger partial charge in [0.15, 0.2) is 5.13 Å². The Morgan fingerprint density at radius 1 is 1.59 bits per heavy atom. The average molecular weight is 276 g/mol. The zero-order valence-corrected chi connectivity index (χ0v) is 11.5. The van der Waals surface area contributed by atoms with Gasteiger partial charge in [-0.05, 0) is 38.8 Å². The summed E-state index contributed by atoms with van der Waals surface area (Å²) in [6.07, 6.45) is 2.83. The van der Waals surface area contributed by atoms with Crippen LogP contribution in [-0.2, 0) is 4.79 Å². The van der Waals surface area contributed by atoms with E-state index in [2.05, 4.69) is 15.6 Å². The van der Waals surface area contributed by atoms with E-state index < -0.39 is 0 Å². The standard InChI is InChI=1S/C11H17N3OS.ClH/c1-8-7-16-11(13-8)14-10(15)6-9-2-4-12-5-3-9;/h7,9,12H,2-6H2,1H3,(H,13,14,15);1H. The maximum atomic E-state index is 11.7. The van der Waals surface area contributed by atoms with Crippen molar-refractivity contribution in [2.45, 2.75) is 26.2 Å². The third-order valence-electron chi connectivity index (χ3n) is 2.80. The number of nitrogens with zero attached hydrogens (tertiary/aromatic N) is 1. The van der Waals surface area contributed by atoms with E-state index in [9.17, 15) is 4.79 Å². The van der Waals surface area contributed by atoms with Crippen molar-refractivity contribution in [1.29, 1.82) is 0 Å². The Hall–Kier alpha value is -0.650. The first-order valence-electron chi connectivity index (χ1n) is 5.67. The van der Waals surface area contributed by atoms with E-state index in [-0.39, 0.29) is 18.3 Å². The number of rotatable bonds is 3. The molecule has 2 heterocycles. The predicted molar refractivity (Wildman–Crippen MR) is 72.9 cm³/mol. The monoisotopic (exact) mass is 275 g/mol. The van der Waals surface area contributed by atoms with Gasteiger partial charge < -0.3 is 10.6 Å². The Balaban J connectivity index is 0.00000144. The quantitative estimate of drug-likeness (QED) is 0.889. The Labute approximate surface area is 112 Å². The second kappa shape index (κ2) is 6.93. The Morgan fingerprint density at radius 3 is 2.88 bits per heavy atom. The molecule has 0 spiro atoms. The van der Waals surface area contributed by atoms with Crippen LogP contribution in [0.5, 0.6) is 0 Å². The third-order valence-corrected chi connectivity index (χ3v) is 3.67. The number of thiazole rings is 1. The van der Waals surface area contributed by atoms with Crippen molar-refractivity contribution in [3.8, 4) is 0 Å². The van der Waals surface area contributed by atoms with Crippen molar-refractivity contribution in [2.75, 3.05) is 18.4 Å². The fourth-order valence-electron chi connectivity index (χ4n) is 1.93. The van der Waals surface area contributed by atoms with Crippen LogP contribution in [0.1, 0.15) is 25.0 Å². The summed E-state index contributed by atoms with van der Waals surface area (Å²) < 4.78 is 0. The normalized spacial score (nSPS) is 16.3. The number of carbonyl (C=O) groups excluding carboxylic acids is 1. The summed E-state index contributed by atoms with van der Waals surface area (Å²) in [6, 6.07) is 0. The van der Waals surface area contributed by atoms with Crippen LogP contribution in [0, 0.1) is 12.8 Å². The maximum Gasteiger partial charge on any atom is 0.226 e. The molecule has 0 atom stereocenters. The SMILES string of the molecule is Cc1csc(NC(=O)CC2CCNCC2)n1.Cl. The van der Waals surface area contributed by atoms with E-state index in [4.69, 9.17) is 0 Å². The van der Waals surface area contributed by atoms with Gasteiger partial charge >= 0.3 is 0 Å². The first-order valence-corrected chi connectivity index (χ1v) is 6.54. The minimum atomic E-state index is 0. The maximum absolute atomic E-state index is 11.7. The number of amides is 1. The molecule has 6 heteroatoms. The van der Waals surface area contributed by atoms with Crippen molar-refractivity contribution in [3.05, 3.63) is 11.1 Å². The molecule has 0 radical (unpaired) electrons. The lowest BCUT2D eigenvalue weighted by atomic mass is 9.94. The summed E-state index contributed by atoms with van der Waals surface area (Å²) in [5.41, 5.74) is 0.960. The van der Waals surface area contributed by atoms with Gasteiger partial charge in [-0.3, -0.25) is 4.79 Å². The van der Waals surface area contributed by atoms with E-state index in [0.717, 1.165) is 36.8 Å². The number of anilines is 1. The number of halogens is 1. The third kappa shape index (κ3) is 4.61. The largest absolute Gasteiger partial charge is 0.317 e. The topological polar surface area (TPSA) is 54.0 Å². The molecule has 1 aromatic heterocycles. The van der Waals surface area contributed by atoms with Gasteiger partial charge in [-0.1, -0.05) is 0 Å². The molecule has 1 amide bonds. The second-order valence-corrected chi connectivity index (χ2v) is 5.10. The van der Waals surface area contributed by atoms with E-state index >= 15 is 0 Å². The van der Waals surface area contributed by atoms with Crippen molar-refractivity contribution in [2.24, 2.45) is 5.92 Å². The summed E-state index contributed by atoms with van der Waals surface area (Å²) in [6.45, 7) is 4.00. The van der Waals surface area contributed by atoms with Gasteiger partial charge in [0.25, 0.3) is 0 Å². The second-order valence-electron chi connectivity index (χ2n) is 4.24. The highest BCUT2D eigenvalue weighted by Gasteiger charge is 2.17. The van der Waals surface area contributed by atoms with Crippen LogP contribution < -0.4 is 10.6 Å². The van der Waals surface area contributed by atoms with Crippen molar-refractivity contribution in [1.82, 2.24) is 10.3 Å². The molecule has 1 aliphatic heterocycles. The fraction of sp³-hybridized carbons (Fsp3) is 0.636. The lowest BCUT2D eigenvalue weighted by Gasteiger charge is -2.21. The minimum Gasteiger partial charge on any atom is -0.317 e. The summed E-state index contributed by atoms with van der Waals surface area (Å²) in [5, 5.41) is 8.82. The molecular weight excluding hydrogens is 258 g/mol. The van der Waals surface area contributed by atoms with Gasteiger partial charge in [0.1, 0.15) is 0 Å². The number of hydrogen-bond acceptors (Lipinski definition) is 4.